The van der Waals surface area contributed by atoms with E-state index in [-0.39, 0.29) is 5.78 Å². The lowest BCUT2D eigenvalue weighted by molar-refractivity contribution is -0.113. The van der Waals surface area contributed by atoms with Crippen LogP contribution in [0.2, 0.25) is 0 Å². The van der Waals surface area contributed by atoms with E-state index in [0.29, 0.717) is 0 Å². The van der Waals surface area contributed by atoms with Crippen LogP contribution in [0.15, 0.2) is 42.0 Å². The molecule has 0 saturated carbocycles. The lowest BCUT2D eigenvalue weighted by Gasteiger charge is -2.07. The highest BCUT2D eigenvalue weighted by Gasteiger charge is 2.03. The van der Waals surface area contributed by atoms with Gasteiger partial charge in [-0.3, -0.25) is 4.79 Å². The molecule has 84 valence electrons. The molecule has 0 unspecified atom stereocenters. The SMILES string of the molecule is C/C=C(/C=C(/C)C(C)=O)c1ccccc1C. The van der Waals surface area contributed by atoms with Crippen molar-refractivity contribution in [2.75, 3.05) is 0 Å². The van der Waals surface area contributed by atoms with Crippen LogP contribution in [0.3, 0.4) is 0 Å². The van der Waals surface area contributed by atoms with Crippen molar-refractivity contribution in [1.82, 2.24) is 0 Å². The maximum atomic E-state index is 11.2. The Kier molecular flexibility index (Phi) is 4.24. The van der Waals surface area contributed by atoms with Gasteiger partial charge in [-0.05, 0) is 56.0 Å². The lowest BCUT2D eigenvalue weighted by Crippen LogP contribution is -1.93. The molecule has 0 N–H and O–H groups in total. The summed E-state index contributed by atoms with van der Waals surface area (Å²) < 4.78 is 0. The number of hydrogen-bond donors (Lipinski definition) is 0. The minimum Gasteiger partial charge on any atom is -0.295 e. The van der Waals surface area contributed by atoms with E-state index in [1.54, 1.807) is 6.92 Å². The molecule has 16 heavy (non-hydrogen) atoms. The third kappa shape index (κ3) is 2.93. The number of ketones is 1. The number of hydrogen-bond acceptors (Lipinski definition) is 1. The average molecular weight is 214 g/mol. The Hall–Kier alpha value is -1.63. The molecule has 0 aliphatic carbocycles. The molecule has 0 aliphatic rings. The van der Waals surface area contributed by atoms with Crippen LogP contribution in [0.4, 0.5) is 0 Å². The Labute approximate surface area is 97.5 Å². The number of carbonyl (C=O) groups is 1. The molecule has 0 radical (unpaired) electrons. The van der Waals surface area contributed by atoms with Gasteiger partial charge in [0.25, 0.3) is 0 Å². The van der Waals surface area contributed by atoms with Crippen LogP contribution in [-0.4, -0.2) is 5.78 Å². The van der Waals surface area contributed by atoms with Crippen molar-refractivity contribution in [3.05, 3.63) is 53.1 Å². The first-order valence-corrected chi connectivity index (χ1v) is 5.47. The smallest absolute Gasteiger partial charge is 0.155 e. The molecule has 0 spiro atoms. The Morgan fingerprint density at radius 1 is 1.19 bits per heavy atom. The fourth-order valence-corrected chi connectivity index (χ4v) is 1.55. The van der Waals surface area contributed by atoms with Gasteiger partial charge in [-0.1, -0.05) is 30.3 Å². The first kappa shape index (κ1) is 12.4. The standard InChI is InChI=1S/C15H18O/c1-5-14(10-12(3)13(4)16)15-9-7-6-8-11(15)2/h5-10H,1-4H3/b12-10-,14-5-. The minimum absolute atomic E-state index is 0.118. The van der Waals surface area contributed by atoms with E-state index in [0.717, 1.165) is 11.1 Å². The van der Waals surface area contributed by atoms with E-state index in [9.17, 15) is 4.79 Å². The molecular formula is C15H18O. The molecule has 1 aromatic carbocycles. The van der Waals surface area contributed by atoms with Crippen LogP contribution in [0.5, 0.6) is 0 Å². The van der Waals surface area contributed by atoms with Gasteiger partial charge in [0.15, 0.2) is 5.78 Å². The summed E-state index contributed by atoms with van der Waals surface area (Å²) in [5.74, 6) is 0.118. The van der Waals surface area contributed by atoms with Crippen molar-refractivity contribution in [2.45, 2.75) is 27.7 Å². The second-order valence-electron chi connectivity index (χ2n) is 3.94. The fourth-order valence-electron chi connectivity index (χ4n) is 1.55. The quantitative estimate of drug-likeness (QED) is 0.550. The molecule has 0 atom stereocenters. The molecule has 0 amide bonds. The zero-order valence-corrected chi connectivity index (χ0v) is 10.4. The van der Waals surface area contributed by atoms with Crippen LogP contribution in [-0.2, 0) is 4.79 Å². The molecule has 0 heterocycles. The largest absolute Gasteiger partial charge is 0.295 e. The second kappa shape index (κ2) is 5.45. The normalized spacial score (nSPS) is 12.8. The first-order valence-electron chi connectivity index (χ1n) is 5.47. The van der Waals surface area contributed by atoms with Crippen molar-refractivity contribution in [1.29, 1.82) is 0 Å². The van der Waals surface area contributed by atoms with Crippen molar-refractivity contribution in [2.24, 2.45) is 0 Å². The Morgan fingerprint density at radius 3 is 2.31 bits per heavy atom. The molecule has 0 aromatic heterocycles. The van der Waals surface area contributed by atoms with Crippen LogP contribution < -0.4 is 0 Å². The maximum Gasteiger partial charge on any atom is 0.155 e. The zero-order chi connectivity index (χ0) is 12.1. The molecule has 0 fully saturated rings. The molecule has 0 aliphatic heterocycles. The Balaban J connectivity index is 3.16. The molecule has 1 heteroatoms. The van der Waals surface area contributed by atoms with E-state index in [2.05, 4.69) is 19.1 Å². The summed E-state index contributed by atoms with van der Waals surface area (Å²) in [5, 5.41) is 0. The van der Waals surface area contributed by atoms with Crippen LogP contribution >= 0.6 is 0 Å². The summed E-state index contributed by atoms with van der Waals surface area (Å²) in [6, 6.07) is 8.20. The molecule has 1 aromatic rings. The van der Waals surface area contributed by atoms with E-state index >= 15 is 0 Å². The fraction of sp³-hybridized carbons (Fsp3) is 0.267. The van der Waals surface area contributed by atoms with Gasteiger partial charge in [0.2, 0.25) is 0 Å². The summed E-state index contributed by atoms with van der Waals surface area (Å²) in [6.07, 6.45) is 3.99. The van der Waals surface area contributed by atoms with E-state index < -0.39 is 0 Å². The van der Waals surface area contributed by atoms with Gasteiger partial charge in [0.1, 0.15) is 0 Å². The lowest BCUT2D eigenvalue weighted by atomic mass is 9.98. The highest BCUT2D eigenvalue weighted by atomic mass is 16.1. The van der Waals surface area contributed by atoms with E-state index in [1.165, 1.54) is 11.1 Å². The van der Waals surface area contributed by atoms with Crippen molar-refractivity contribution in [3.63, 3.8) is 0 Å². The third-order valence-electron chi connectivity index (χ3n) is 2.69. The predicted molar refractivity (Wildman–Crippen MR) is 69.3 cm³/mol. The van der Waals surface area contributed by atoms with Gasteiger partial charge in [0, 0.05) is 0 Å². The Bertz CT molecular complexity index is 450. The monoisotopic (exact) mass is 214 g/mol. The topological polar surface area (TPSA) is 17.1 Å². The number of aryl methyl sites for hydroxylation is 1. The van der Waals surface area contributed by atoms with E-state index in [1.807, 2.05) is 38.1 Å². The molecule has 1 rings (SSSR count). The second-order valence-corrected chi connectivity index (χ2v) is 3.94. The van der Waals surface area contributed by atoms with Crippen molar-refractivity contribution >= 4 is 11.4 Å². The van der Waals surface area contributed by atoms with Crippen LogP contribution in [0.25, 0.3) is 5.57 Å². The van der Waals surface area contributed by atoms with Gasteiger partial charge in [-0.25, -0.2) is 0 Å². The highest BCUT2D eigenvalue weighted by molar-refractivity contribution is 5.96. The summed E-state index contributed by atoms with van der Waals surface area (Å²) in [7, 11) is 0. The van der Waals surface area contributed by atoms with Gasteiger partial charge < -0.3 is 0 Å². The van der Waals surface area contributed by atoms with Gasteiger partial charge in [0.05, 0.1) is 0 Å². The molecule has 1 nitrogen and oxygen atoms in total. The number of Topliss-reactive ketones (excluding diaryl/α,β-unsaturated/α-hetero) is 1. The van der Waals surface area contributed by atoms with Crippen molar-refractivity contribution < 1.29 is 4.79 Å². The first-order chi connectivity index (χ1) is 7.56. The summed E-state index contributed by atoms with van der Waals surface area (Å²) in [6.45, 7) is 7.52. The summed E-state index contributed by atoms with van der Waals surface area (Å²) in [4.78, 5) is 11.2. The molecule has 0 bridgehead atoms. The number of benzene rings is 1. The van der Waals surface area contributed by atoms with Gasteiger partial charge in [-0.2, -0.15) is 0 Å². The molecular weight excluding hydrogens is 196 g/mol. The van der Waals surface area contributed by atoms with Gasteiger partial charge in [-0.15, -0.1) is 0 Å². The third-order valence-corrected chi connectivity index (χ3v) is 2.69. The van der Waals surface area contributed by atoms with Gasteiger partial charge >= 0.3 is 0 Å². The van der Waals surface area contributed by atoms with Crippen molar-refractivity contribution in [3.8, 4) is 0 Å². The summed E-state index contributed by atoms with van der Waals surface area (Å²) >= 11 is 0. The predicted octanol–water partition coefficient (Wildman–Crippen LogP) is 3.93. The molecule has 0 saturated heterocycles. The van der Waals surface area contributed by atoms with Crippen LogP contribution in [0.1, 0.15) is 31.9 Å². The average Bonchev–Trinajstić information content (AvgIpc) is 2.26. The number of rotatable bonds is 3. The highest BCUT2D eigenvalue weighted by Crippen LogP contribution is 2.21. The maximum absolute atomic E-state index is 11.2. The number of carbonyl (C=O) groups excluding carboxylic acids is 1. The number of allylic oxidation sites excluding steroid dienone is 4. The van der Waals surface area contributed by atoms with E-state index in [4.69, 9.17) is 0 Å². The zero-order valence-electron chi connectivity index (χ0n) is 10.4. The Morgan fingerprint density at radius 2 is 1.81 bits per heavy atom. The minimum atomic E-state index is 0.118. The van der Waals surface area contributed by atoms with Crippen LogP contribution in [0, 0.1) is 6.92 Å². The summed E-state index contributed by atoms with van der Waals surface area (Å²) in [5.41, 5.74) is 4.30.